The lowest BCUT2D eigenvalue weighted by molar-refractivity contribution is 0.455. The van der Waals surface area contributed by atoms with Crippen molar-refractivity contribution in [2.45, 2.75) is 13.1 Å². The van der Waals surface area contributed by atoms with Gasteiger partial charge in [0.05, 0.1) is 24.4 Å². The Morgan fingerprint density at radius 3 is 2.67 bits per heavy atom. The van der Waals surface area contributed by atoms with Gasteiger partial charge in [0.15, 0.2) is 0 Å². The summed E-state index contributed by atoms with van der Waals surface area (Å²) in [4.78, 5) is 0. The molecule has 0 spiro atoms. The van der Waals surface area contributed by atoms with Gasteiger partial charge in [-0.1, -0.05) is 11.6 Å². The molecule has 3 nitrogen and oxygen atoms in total. The van der Waals surface area contributed by atoms with Gasteiger partial charge in [0.25, 0.3) is 0 Å². The fraction of sp³-hybridized carbons (Fsp3) is 0.125. The zero-order chi connectivity index (χ0) is 14.7. The summed E-state index contributed by atoms with van der Waals surface area (Å²) in [5.74, 6) is 1.88. The van der Waals surface area contributed by atoms with Gasteiger partial charge in [0.2, 0.25) is 0 Å². The number of hydrogen-bond donors (Lipinski definition) is 1. The van der Waals surface area contributed by atoms with Gasteiger partial charge in [-0.05, 0) is 42.5 Å². The first kappa shape index (κ1) is 13.9. The van der Waals surface area contributed by atoms with Crippen LogP contribution in [0.3, 0.4) is 0 Å². The second kappa shape index (κ2) is 6.16. The standard InChI is InChI=1S/C16H13ClFNO2/c17-14-8-11(3-5-15(14)18)16-6-4-13(21-16)10-19-9-12-2-1-7-20-12/h1-8,19H,9-10H2. The first-order valence-electron chi connectivity index (χ1n) is 6.49. The van der Waals surface area contributed by atoms with Gasteiger partial charge < -0.3 is 14.2 Å². The van der Waals surface area contributed by atoms with Crippen LogP contribution in [0.25, 0.3) is 11.3 Å². The number of rotatable bonds is 5. The average Bonchev–Trinajstić information content (AvgIpc) is 3.13. The van der Waals surface area contributed by atoms with Crippen LogP contribution in [-0.4, -0.2) is 0 Å². The van der Waals surface area contributed by atoms with Crippen molar-refractivity contribution in [2.24, 2.45) is 0 Å². The van der Waals surface area contributed by atoms with E-state index in [9.17, 15) is 4.39 Å². The van der Waals surface area contributed by atoms with Crippen molar-refractivity contribution in [3.63, 3.8) is 0 Å². The van der Waals surface area contributed by atoms with Crippen LogP contribution in [0.2, 0.25) is 5.02 Å². The molecule has 0 amide bonds. The second-order valence-corrected chi connectivity index (χ2v) is 4.98. The zero-order valence-corrected chi connectivity index (χ0v) is 11.9. The van der Waals surface area contributed by atoms with E-state index in [0.29, 0.717) is 18.8 Å². The smallest absolute Gasteiger partial charge is 0.141 e. The predicted octanol–water partition coefficient (Wildman–Crippen LogP) is 4.62. The van der Waals surface area contributed by atoms with Gasteiger partial charge >= 0.3 is 0 Å². The SMILES string of the molecule is Fc1ccc(-c2ccc(CNCc3ccco3)o2)cc1Cl. The lowest BCUT2D eigenvalue weighted by Gasteiger charge is -2.01. The van der Waals surface area contributed by atoms with E-state index in [1.165, 1.54) is 6.07 Å². The molecule has 0 aliphatic carbocycles. The van der Waals surface area contributed by atoms with Crippen molar-refractivity contribution in [3.05, 3.63) is 71.1 Å². The van der Waals surface area contributed by atoms with Crippen molar-refractivity contribution < 1.29 is 13.2 Å². The second-order valence-electron chi connectivity index (χ2n) is 4.58. The molecule has 0 atom stereocenters. The van der Waals surface area contributed by atoms with Gasteiger partial charge in [0.1, 0.15) is 23.1 Å². The molecule has 108 valence electrons. The van der Waals surface area contributed by atoms with Crippen molar-refractivity contribution in [2.75, 3.05) is 0 Å². The summed E-state index contributed by atoms with van der Waals surface area (Å²) < 4.78 is 24.1. The molecule has 3 aromatic rings. The Labute approximate surface area is 126 Å². The quantitative estimate of drug-likeness (QED) is 0.747. The van der Waals surface area contributed by atoms with Crippen LogP contribution in [0, 0.1) is 5.82 Å². The summed E-state index contributed by atoms with van der Waals surface area (Å²) >= 11 is 5.77. The Morgan fingerprint density at radius 1 is 1.05 bits per heavy atom. The molecule has 1 aromatic carbocycles. The Balaban J connectivity index is 1.64. The largest absolute Gasteiger partial charge is 0.468 e. The average molecular weight is 306 g/mol. The van der Waals surface area contributed by atoms with Crippen LogP contribution in [0.1, 0.15) is 11.5 Å². The van der Waals surface area contributed by atoms with E-state index < -0.39 is 5.82 Å². The summed E-state index contributed by atoms with van der Waals surface area (Å²) in [6, 6.07) is 12.0. The summed E-state index contributed by atoms with van der Waals surface area (Å²) in [6.45, 7) is 1.21. The molecular formula is C16H13ClFNO2. The molecule has 0 unspecified atom stereocenters. The molecular weight excluding hydrogens is 293 g/mol. The molecule has 0 aliphatic heterocycles. The maximum Gasteiger partial charge on any atom is 0.141 e. The van der Waals surface area contributed by atoms with Gasteiger partial charge in [-0.3, -0.25) is 0 Å². The minimum absolute atomic E-state index is 0.0846. The molecule has 0 saturated heterocycles. The third-order valence-corrected chi connectivity index (χ3v) is 3.33. The normalized spacial score (nSPS) is 11.0. The van der Waals surface area contributed by atoms with Crippen molar-refractivity contribution in [1.82, 2.24) is 5.32 Å². The molecule has 0 fully saturated rings. The van der Waals surface area contributed by atoms with Crippen LogP contribution in [0.4, 0.5) is 4.39 Å². The van der Waals surface area contributed by atoms with Gasteiger partial charge in [-0.25, -0.2) is 4.39 Å². The number of nitrogens with one attached hydrogen (secondary N) is 1. The lowest BCUT2D eigenvalue weighted by atomic mass is 10.2. The van der Waals surface area contributed by atoms with E-state index in [1.54, 1.807) is 18.4 Å². The van der Waals surface area contributed by atoms with Crippen LogP contribution in [0.15, 0.2) is 57.6 Å². The monoisotopic (exact) mass is 305 g/mol. The molecule has 0 radical (unpaired) electrons. The predicted molar refractivity (Wildman–Crippen MR) is 78.4 cm³/mol. The Hall–Kier alpha value is -2.04. The van der Waals surface area contributed by atoms with E-state index in [4.69, 9.17) is 20.4 Å². The van der Waals surface area contributed by atoms with Gasteiger partial charge in [-0.15, -0.1) is 0 Å². The van der Waals surface area contributed by atoms with Crippen LogP contribution in [0.5, 0.6) is 0 Å². The van der Waals surface area contributed by atoms with Gasteiger partial charge in [-0.2, -0.15) is 0 Å². The lowest BCUT2D eigenvalue weighted by Crippen LogP contribution is -2.11. The molecule has 3 rings (SSSR count). The molecule has 0 bridgehead atoms. The van der Waals surface area contributed by atoms with Crippen LogP contribution >= 0.6 is 11.6 Å². The highest BCUT2D eigenvalue weighted by atomic mass is 35.5. The van der Waals surface area contributed by atoms with Crippen molar-refractivity contribution in [3.8, 4) is 11.3 Å². The first-order valence-corrected chi connectivity index (χ1v) is 6.87. The number of halogens is 2. The molecule has 0 aliphatic rings. The van der Waals surface area contributed by atoms with E-state index in [2.05, 4.69) is 5.32 Å². The maximum atomic E-state index is 13.1. The Kier molecular flexibility index (Phi) is 4.08. The molecule has 5 heteroatoms. The van der Waals surface area contributed by atoms with Crippen LogP contribution < -0.4 is 5.32 Å². The van der Waals surface area contributed by atoms with E-state index in [-0.39, 0.29) is 5.02 Å². The number of furan rings is 2. The fourth-order valence-electron chi connectivity index (χ4n) is 2.00. The molecule has 21 heavy (non-hydrogen) atoms. The summed E-state index contributed by atoms with van der Waals surface area (Å²) in [6.07, 6.45) is 1.64. The van der Waals surface area contributed by atoms with Crippen LogP contribution in [-0.2, 0) is 13.1 Å². The number of hydrogen-bond acceptors (Lipinski definition) is 3. The highest BCUT2D eigenvalue weighted by Crippen LogP contribution is 2.26. The topological polar surface area (TPSA) is 38.3 Å². The molecule has 0 saturated carbocycles. The summed E-state index contributed by atoms with van der Waals surface area (Å²) in [7, 11) is 0. The van der Waals surface area contributed by atoms with Crippen molar-refractivity contribution in [1.29, 1.82) is 0 Å². The minimum atomic E-state index is -0.438. The van der Waals surface area contributed by atoms with Crippen molar-refractivity contribution >= 4 is 11.6 Å². The molecule has 2 aromatic heterocycles. The molecule has 2 heterocycles. The maximum absolute atomic E-state index is 13.1. The highest BCUT2D eigenvalue weighted by molar-refractivity contribution is 6.31. The van der Waals surface area contributed by atoms with E-state index in [1.807, 2.05) is 24.3 Å². The van der Waals surface area contributed by atoms with E-state index in [0.717, 1.165) is 17.1 Å². The summed E-state index contributed by atoms with van der Waals surface area (Å²) in [5, 5.41) is 3.30. The van der Waals surface area contributed by atoms with E-state index >= 15 is 0 Å². The van der Waals surface area contributed by atoms with Gasteiger partial charge in [0, 0.05) is 5.56 Å². The number of benzene rings is 1. The minimum Gasteiger partial charge on any atom is -0.468 e. The Morgan fingerprint density at radius 2 is 1.90 bits per heavy atom. The third-order valence-electron chi connectivity index (χ3n) is 3.04. The fourth-order valence-corrected chi connectivity index (χ4v) is 2.18. The first-order chi connectivity index (χ1) is 10.2. The third kappa shape index (κ3) is 3.35. The highest BCUT2D eigenvalue weighted by Gasteiger charge is 2.07. The molecule has 1 N–H and O–H groups in total. The summed E-state index contributed by atoms with van der Waals surface area (Å²) in [5.41, 5.74) is 0.749. The zero-order valence-electron chi connectivity index (χ0n) is 11.1. The Bertz CT molecular complexity index is 722.